The third kappa shape index (κ3) is 12.4. The van der Waals surface area contributed by atoms with Crippen LogP contribution >= 0.6 is 0 Å². The molecule has 0 saturated heterocycles. The van der Waals surface area contributed by atoms with Gasteiger partial charge in [-0.15, -0.1) is 0 Å². The van der Waals surface area contributed by atoms with Crippen LogP contribution in [0.5, 0.6) is 0 Å². The zero-order chi connectivity index (χ0) is 37.3. The molecule has 2 aromatic heterocycles. The van der Waals surface area contributed by atoms with E-state index in [-0.39, 0.29) is 5.92 Å². The zero-order valence-corrected chi connectivity index (χ0v) is 32.6. The van der Waals surface area contributed by atoms with Crippen molar-refractivity contribution in [3.63, 3.8) is 0 Å². The third-order valence-electron chi connectivity index (χ3n) is 10.8. The second-order valence-electron chi connectivity index (χ2n) is 15.2. The van der Waals surface area contributed by atoms with E-state index in [4.69, 9.17) is 9.97 Å². The molecule has 4 heterocycles. The molecular weight excluding hydrogens is 677 g/mol. The zero-order valence-electron chi connectivity index (χ0n) is 32.6. The van der Waals surface area contributed by atoms with Crippen molar-refractivity contribution in [3.8, 4) is 0 Å². The molecule has 0 fully saturated rings. The highest BCUT2D eigenvalue weighted by Crippen LogP contribution is 2.33. The van der Waals surface area contributed by atoms with Crippen molar-refractivity contribution < 1.29 is 0 Å². The van der Waals surface area contributed by atoms with Gasteiger partial charge in [-0.2, -0.15) is 0 Å². The third-order valence-corrected chi connectivity index (χ3v) is 10.8. The van der Waals surface area contributed by atoms with Crippen molar-refractivity contribution in [1.29, 1.82) is 0 Å². The number of benzene rings is 3. The molecule has 5 aromatic rings. The van der Waals surface area contributed by atoms with Gasteiger partial charge < -0.3 is 21.3 Å². The van der Waals surface area contributed by atoms with E-state index in [2.05, 4.69) is 146 Å². The van der Waals surface area contributed by atoms with Gasteiger partial charge in [-0.25, -0.2) is 0 Å². The van der Waals surface area contributed by atoms with E-state index in [0.29, 0.717) is 0 Å². The number of pyridine rings is 2. The molecule has 288 valence electrons. The number of nitrogens with zero attached hydrogens (tertiary/aromatic N) is 4. The first kappa shape index (κ1) is 39.0. The molecule has 4 N–H and O–H groups in total. The van der Waals surface area contributed by atoms with Gasteiger partial charge in [-0.1, -0.05) is 91.0 Å². The lowest BCUT2D eigenvalue weighted by atomic mass is 9.84. The van der Waals surface area contributed by atoms with E-state index >= 15 is 0 Å². The Morgan fingerprint density at radius 3 is 1.18 bits per heavy atom. The molecule has 0 atom stereocenters. The number of fused-ring (bicyclic) bond motifs is 4. The lowest BCUT2D eigenvalue weighted by Crippen LogP contribution is -2.31. The van der Waals surface area contributed by atoms with Gasteiger partial charge in [0.05, 0.1) is 22.8 Å². The Morgan fingerprint density at radius 2 is 0.782 bits per heavy atom. The first-order valence-corrected chi connectivity index (χ1v) is 20.6. The van der Waals surface area contributed by atoms with Crippen LogP contribution in [-0.4, -0.2) is 72.1 Å². The van der Waals surface area contributed by atoms with Crippen LogP contribution in [0, 0.1) is 0 Å². The van der Waals surface area contributed by atoms with Crippen molar-refractivity contribution in [3.05, 3.63) is 166 Å². The van der Waals surface area contributed by atoms with Crippen molar-refractivity contribution in [2.24, 2.45) is 0 Å². The topological polar surface area (TPSA) is 80.4 Å². The van der Waals surface area contributed by atoms with Crippen molar-refractivity contribution in [2.45, 2.75) is 70.9 Å². The van der Waals surface area contributed by atoms with Crippen LogP contribution in [0.4, 0.5) is 0 Å². The molecule has 55 heavy (non-hydrogen) atoms. The smallest absolute Gasteiger partial charge is 0.0545 e. The second-order valence-corrected chi connectivity index (χ2v) is 15.2. The fourth-order valence-corrected chi connectivity index (χ4v) is 8.05. The SMILES string of the molecule is c1ccc(C(c2cccc(CN3CCCNCc4cccc(n4)CNCCC3)c2)c2cccc(CN3CCCNCc4cccc(n4)CNCCC3)c2)cc1. The molecule has 0 aliphatic carbocycles. The Balaban J connectivity index is 1.03. The highest BCUT2D eigenvalue weighted by atomic mass is 15.1. The van der Waals surface area contributed by atoms with Crippen LogP contribution in [0.15, 0.2) is 115 Å². The highest BCUT2D eigenvalue weighted by molar-refractivity contribution is 5.45. The van der Waals surface area contributed by atoms with E-state index in [1.165, 1.54) is 27.8 Å². The van der Waals surface area contributed by atoms with E-state index in [9.17, 15) is 0 Å². The Labute approximate surface area is 329 Å². The van der Waals surface area contributed by atoms with Crippen LogP contribution in [0.25, 0.3) is 0 Å². The molecule has 2 aliphatic heterocycles. The van der Waals surface area contributed by atoms with E-state index < -0.39 is 0 Å². The summed E-state index contributed by atoms with van der Waals surface area (Å²) in [5.74, 6) is 0.164. The normalized spacial score (nSPS) is 17.6. The summed E-state index contributed by atoms with van der Waals surface area (Å²) in [6.45, 7) is 13.4. The summed E-state index contributed by atoms with van der Waals surface area (Å²) in [5, 5.41) is 14.5. The Bertz CT molecular complexity index is 1700. The van der Waals surface area contributed by atoms with Crippen LogP contribution in [-0.2, 0) is 39.3 Å². The van der Waals surface area contributed by atoms with Crippen molar-refractivity contribution >= 4 is 0 Å². The number of rotatable bonds is 7. The summed E-state index contributed by atoms with van der Waals surface area (Å²) in [4.78, 5) is 14.9. The maximum atomic E-state index is 4.81. The fourth-order valence-electron chi connectivity index (χ4n) is 8.05. The molecule has 8 nitrogen and oxygen atoms in total. The minimum atomic E-state index is 0.164. The molecule has 7 rings (SSSR count). The molecule has 3 aromatic carbocycles. The number of hydrogen-bond donors (Lipinski definition) is 4. The largest absolute Gasteiger partial charge is 0.311 e. The fraction of sp³-hybridized carbons (Fsp3) is 0.404. The summed E-state index contributed by atoms with van der Waals surface area (Å²) < 4.78 is 0. The van der Waals surface area contributed by atoms with Gasteiger partial charge >= 0.3 is 0 Å². The van der Waals surface area contributed by atoms with Gasteiger partial charge in [-0.05, 0) is 130 Å². The molecule has 0 radical (unpaired) electrons. The predicted molar refractivity (Wildman–Crippen MR) is 225 cm³/mol. The molecule has 4 bridgehead atoms. The molecule has 0 unspecified atom stereocenters. The molecule has 8 heteroatoms. The number of nitrogens with one attached hydrogen (secondary N) is 4. The summed E-state index contributed by atoms with van der Waals surface area (Å²) in [6.07, 6.45) is 4.45. The Hall–Kier alpha value is -4.28. The minimum Gasteiger partial charge on any atom is -0.311 e. The maximum absolute atomic E-state index is 4.81. The van der Waals surface area contributed by atoms with E-state index in [0.717, 1.165) is 140 Å². The first-order chi connectivity index (χ1) is 27.2. The summed E-state index contributed by atoms with van der Waals surface area (Å²) in [7, 11) is 0. The van der Waals surface area contributed by atoms with Gasteiger partial charge in [0.15, 0.2) is 0 Å². The predicted octanol–water partition coefficient (Wildman–Crippen LogP) is 6.61. The summed E-state index contributed by atoms with van der Waals surface area (Å²) in [6, 6.07) is 42.6. The highest BCUT2D eigenvalue weighted by Gasteiger charge is 2.19. The van der Waals surface area contributed by atoms with Gasteiger partial charge in [0.1, 0.15) is 0 Å². The molecule has 0 amide bonds. The van der Waals surface area contributed by atoms with Crippen molar-refractivity contribution in [2.75, 3.05) is 52.4 Å². The molecule has 0 spiro atoms. The van der Waals surface area contributed by atoms with E-state index in [1.54, 1.807) is 0 Å². The van der Waals surface area contributed by atoms with E-state index in [1.807, 2.05) is 0 Å². The van der Waals surface area contributed by atoms with Crippen LogP contribution in [0.2, 0.25) is 0 Å². The maximum Gasteiger partial charge on any atom is 0.0545 e. The van der Waals surface area contributed by atoms with Gasteiger partial charge in [0.25, 0.3) is 0 Å². The standard InChI is InChI=1S/C47H60N8/c1-2-14-40(15-3-1)47(41-16-4-12-38(30-41)36-54-26-8-22-48-32-43-18-6-19-44(52-43)33-49-23-9-27-54)42-17-5-13-39(31-42)37-55-28-10-24-50-34-45-20-7-21-46(53-45)35-51-25-11-29-55/h1-7,12-21,30-31,47-51H,8-11,22-29,32-37H2. The number of hydrogen-bond acceptors (Lipinski definition) is 8. The van der Waals surface area contributed by atoms with Crippen molar-refractivity contribution in [1.82, 2.24) is 41.0 Å². The number of aromatic nitrogens is 2. The van der Waals surface area contributed by atoms with Gasteiger partial charge in [-0.3, -0.25) is 19.8 Å². The Morgan fingerprint density at radius 1 is 0.418 bits per heavy atom. The first-order valence-electron chi connectivity index (χ1n) is 20.6. The second kappa shape index (κ2) is 21.1. The summed E-state index contributed by atoms with van der Waals surface area (Å²) >= 11 is 0. The monoisotopic (exact) mass is 736 g/mol. The van der Waals surface area contributed by atoms with Crippen LogP contribution in [0.1, 0.15) is 82.2 Å². The molecule has 0 saturated carbocycles. The minimum absolute atomic E-state index is 0.164. The molecular formula is C47H60N8. The quantitative estimate of drug-likeness (QED) is 0.139. The summed E-state index contributed by atoms with van der Waals surface area (Å²) in [5.41, 5.74) is 11.3. The lowest BCUT2D eigenvalue weighted by molar-refractivity contribution is 0.256. The van der Waals surface area contributed by atoms with Gasteiger partial charge in [0.2, 0.25) is 0 Å². The van der Waals surface area contributed by atoms with Crippen LogP contribution < -0.4 is 21.3 Å². The lowest BCUT2D eigenvalue weighted by Gasteiger charge is -2.25. The Kier molecular flexibility index (Phi) is 15.0. The molecule has 2 aliphatic rings. The van der Waals surface area contributed by atoms with Crippen LogP contribution in [0.3, 0.4) is 0 Å². The van der Waals surface area contributed by atoms with Gasteiger partial charge in [0, 0.05) is 45.2 Å². The average Bonchev–Trinajstić information content (AvgIpc) is 3.21. The average molecular weight is 737 g/mol.